The molecule has 2 aliphatic heterocycles. The third-order valence-corrected chi connectivity index (χ3v) is 5.09. The van der Waals surface area contributed by atoms with Crippen LogP contribution in [0.3, 0.4) is 0 Å². The third-order valence-electron chi connectivity index (χ3n) is 4.81. The van der Waals surface area contributed by atoms with Gasteiger partial charge in [-0.25, -0.2) is 4.39 Å². The summed E-state index contributed by atoms with van der Waals surface area (Å²) in [5.74, 6) is 0.149. The van der Waals surface area contributed by atoms with Gasteiger partial charge in [-0.1, -0.05) is 17.7 Å². The molecule has 2 amide bonds. The van der Waals surface area contributed by atoms with Crippen LogP contribution < -0.4 is 14.8 Å². The maximum absolute atomic E-state index is 13.2. The smallest absolute Gasteiger partial charge is 0.254 e. The molecule has 1 fully saturated rings. The second-order valence-electron chi connectivity index (χ2n) is 6.82. The number of rotatable bonds is 4. The van der Waals surface area contributed by atoms with Crippen molar-refractivity contribution >= 4 is 29.1 Å². The Morgan fingerprint density at radius 2 is 1.90 bits per heavy atom. The quantitative estimate of drug-likeness (QED) is 0.824. The van der Waals surface area contributed by atoms with Crippen LogP contribution in [0.2, 0.25) is 5.02 Å². The van der Waals surface area contributed by atoms with E-state index in [9.17, 15) is 14.0 Å². The molecule has 1 N–H and O–H groups in total. The van der Waals surface area contributed by atoms with Crippen LogP contribution in [-0.4, -0.2) is 61.1 Å². The first-order valence-corrected chi connectivity index (χ1v) is 9.53. The first-order valence-electron chi connectivity index (χ1n) is 9.16. The van der Waals surface area contributed by atoms with Crippen molar-refractivity contribution in [2.75, 3.05) is 44.8 Å². The largest absolute Gasteiger partial charge is 0.454 e. The maximum atomic E-state index is 13.2. The lowest BCUT2D eigenvalue weighted by molar-refractivity contribution is -0.117. The first kappa shape index (κ1) is 19.5. The van der Waals surface area contributed by atoms with E-state index in [1.807, 2.05) is 4.90 Å². The van der Waals surface area contributed by atoms with E-state index in [-0.39, 0.29) is 25.2 Å². The molecule has 0 spiro atoms. The number of amides is 2. The van der Waals surface area contributed by atoms with E-state index >= 15 is 0 Å². The Balaban J connectivity index is 1.31. The van der Waals surface area contributed by atoms with Crippen molar-refractivity contribution in [3.05, 3.63) is 52.8 Å². The number of halogens is 2. The normalized spacial score (nSPS) is 16.0. The Morgan fingerprint density at radius 3 is 2.66 bits per heavy atom. The molecule has 7 nitrogen and oxygen atoms in total. The minimum Gasteiger partial charge on any atom is -0.454 e. The highest BCUT2D eigenvalue weighted by Crippen LogP contribution is 2.40. The zero-order chi connectivity index (χ0) is 20.4. The molecule has 0 radical (unpaired) electrons. The van der Waals surface area contributed by atoms with Gasteiger partial charge in [-0.2, -0.15) is 0 Å². The van der Waals surface area contributed by atoms with Gasteiger partial charge in [0.15, 0.2) is 11.5 Å². The Kier molecular flexibility index (Phi) is 5.55. The first-order chi connectivity index (χ1) is 14.0. The van der Waals surface area contributed by atoms with Gasteiger partial charge in [-0.05, 0) is 30.3 Å². The van der Waals surface area contributed by atoms with Gasteiger partial charge in [-0.3, -0.25) is 14.5 Å². The van der Waals surface area contributed by atoms with Crippen LogP contribution in [0.1, 0.15) is 10.4 Å². The fourth-order valence-corrected chi connectivity index (χ4v) is 3.62. The standard InChI is InChI=1S/C20H19ClFN3O4/c21-16-8-13(9-17-19(16)29-12-28-17)20(27)25-6-4-24(5-7-25)11-18(26)23-15-3-1-2-14(22)10-15/h1-3,8-10H,4-7,11-12H2,(H,23,26). The van der Waals surface area contributed by atoms with Crippen LogP contribution in [0, 0.1) is 5.82 Å². The molecule has 0 aliphatic carbocycles. The van der Waals surface area contributed by atoms with E-state index in [0.717, 1.165) is 0 Å². The second kappa shape index (κ2) is 8.26. The molecule has 0 aromatic heterocycles. The number of carbonyl (C=O) groups excluding carboxylic acids is 2. The molecule has 2 aromatic carbocycles. The minimum atomic E-state index is -0.404. The fourth-order valence-electron chi connectivity index (χ4n) is 3.35. The van der Waals surface area contributed by atoms with Gasteiger partial charge in [0.25, 0.3) is 5.91 Å². The van der Waals surface area contributed by atoms with Gasteiger partial charge in [0, 0.05) is 37.4 Å². The van der Waals surface area contributed by atoms with E-state index in [0.29, 0.717) is 54.0 Å². The predicted octanol–water partition coefficient (Wildman–Crippen LogP) is 2.60. The zero-order valence-corrected chi connectivity index (χ0v) is 16.2. The molecule has 0 unspecified atom stereocenters. The summed E-state index contributed by atoms with van der Waals surface area (Å²) >= 11 is 6.16. The topological polar surface area (TPSA) is 71.1 Å². The lowest BCUT2D eigenvalue weighted by Crippen LogP contribution is -2.50. The lowest BCUT2D eigenvalue weighted by atomic mass is 10.1. The summed E-state index contributed by atoms with van der Waals surface area (Å²) in [7, 11) is 0. The van der Waals surface area contributed by atoms with Gasteiger partial charge in [0.05, 0.1) is 11.6 Å². The summed E-state index contributed by atoms with van der Waals surface area (Å²) in [5, 5.41) is 3.02. The Labute approximate surface area is 171 Å². The zero-order valence-electron chi connectivity index (χ0n) is 15.5. The van der Waals surface area contributed by atoms with Crippen LogP contribution in [0.5, 0.6) is 11.5 Å². The number of anilines is 1. The van der Waals surface area contributed by atoms with E-state index in [1.165, 1.54) is 18.2 Å². The molecule has 9 heteroatoms. The number of fused-ring (bicyclic) bond motifs is 1. The van der Waals surface area contributed by atoms with Crippen molar-refractivity contribution < 1.29 is 23.5 Å². The van der Waals surface area contributed by atoms with Gasteiger partial charge in [0.1, 0.15) is 5.82 Å². The molecule has 2 aliphatic rings. The molecule has 0 atom stereocenters. The summed E-state index contributed by atoms with van der Waals surface area (Å²) in [4.78, 5) is 28.6. The Morgan fingerprint density at radius 1 is 1.10 bits per heavy atom. The number of hydrogen-bond donors (Lipinski definition) is 1. The van der Waals surface area contributed by atoms with Gasteiger partial charge in [-0.15, -0.1) is 0 Å². The van der Waals surface area contributed by atoms with Crippen molar-refractivity contribution in [1.29, 1.82) is 0 Å². The molecular formula is C20H19ClFN3O4. The number of benzene rings is 2. The van der Waals surface area contributed by atoms with E-state index in [1.54, 1.807) is 23.1 Å². The predicted molar refractivity (Wildman–Crippen MR) is 105 cm³/mol. The lowest BCUT2D eigenvalue weighted by Gasteiger charge is -2.34. The molecular weight excluding hydrogens is 401 g/mol. The minimum absolute atomic E-state index is 0.0864. The maximum Gasteiger partial charge on any atom is 0.254 e. The van der Waals surface area contributed by atoms with Crippen LogP contribution in [0.4, 0.5) is 10.1 Å². The third kappa shape index (κ3) is 4.44. The fraction of sp³-hybridized carbons (Fsp3) is 0.300. The monoisotopic (exact) mass is 419 g/mol. The summed E-state index contributed by atoms with van der Waals surface area (Å²) in [5.41, 5.74) is 0.861. The summed E-state index contributed by atoms with van der Waals surface area (Å²) < 4.78 is 23.8. The van der Waals surface area contributed by atoms with Crippen molar-refractivity contribution in [3.63, 3.8) is 0 Å². The number of nitrogens with zero attached hydrogens (tertiary/aromatic N) is 2. The summed E-state index contributed by atoms with van der Waals surface area (Å²) in [6.07, 6.45) is 0. The molecule has 152 valence electrons. The van der Waals surface area contributed by atoms with Crippen molar-refractivity contribution in [1.82, 2.24) is 9.80 Å². The van der Waals surface area contributed by atoms with Crippen molar-refractivity contribution in [2.24, 2.45) is 0 Å². The van der Waals surface area contributed by atoms with Gasteiger partial charge >= 0.3 is 0 Å². The SMILES string of the molecule is O=C(CN1CCN(C(=O)c2cc(Cl)c3c(c2)OCO3)CC1)Nc1cccc(F)c1. The Hall–Kier alpha value is -2.84. The molecule has 2 heterocycles. The number of ether oxygens (including phenoxy) is 2. The molecule has 1 saturated heterocycles. The van der Waals surface area contributed by atoms with Crippen LogP contribution >= 0.6 is 11.6 Å². The van der Waals surface area contributed by atoms with Gasteiger partial charge < -0.3 is 19.7 Å². The molecule has 0 bridgehead atoms. The second-order valence-corrected chi connectivity index (χ2v) is 7.23. The number of carbonyl (C=O) groups is 2. The highest BCUT2D eigenvalue weighted by molar-refractivity contribution is 6.32. The molecule has 0 saturated carbocycles. The number of piperazine rings is 1. The number of hydrogen-bond acceptors (Lipinski definition) is 5. The highest BCUT2D eigenvalue weighted by Gasteiger charge is 2.26. The van der Waals surface area contributed by atoms with Crippen molar-refractivity contribution in [2.45, 2.75) is 0 Å². The summed E-state index contributed by atoms with van der Waals surface area (Å²) in [6.45, 7) is 2.34. The van der Waals surface area contributed by atoms with E-state index in [4.69, 9.17) is 21.1 Å². The average Bonchev–Trinajstić information content (AvgIpc) is 3.17. The van der Waals surface area contributed by atoms with E-state index < -0.39 is 5.82 Å². The highest BCUT2D eigenvalue weighted by atomic mass is 35.5. The van der Waals surface area contributed by atoms with Crippen LogP contribution in [0.25, 0.3) is 0 Å². The van der Waals surface area contributed by atoms with E-state index in [2.05, 4.69) is 5.32 Å². The molecule has 2 aromatic rings. The molecule has 29 heavy (non-hydrogen) atoms. The molecule has 4 rings (SSSR count). The summed E-state index contributed by atoms with van der Waals surface area (Å²) in [6, 6.07) is 8.97. The van der Waals surface area contributed by atoms with Gasteiger partial charge in [0.2, 0.25) is 12.7 Å². The number of nitrogens with one attached hydrogen (secondary N) is 1. The van der Waals surface area contributed by atoms with Crippen molar-refractivity contribution in [3.8, 4) is 11.5 Å². The van der Waals surface area contributed by atoms with Crippen LogP contribution in [0.15, 0.2) is 36.4 Å². The van der Waals surface area contributed by atoms with Crippen LogP contribution in [-0.2, 0) is 4.79 Å². The Bertz CT molecular complexity index is 947. The average molecular weight is 420 g/mol.